The number of aryl methyl sites for hydroxylation is 1. The fourth-order valence-electron chi connectivity index (χ4n) is 2.31. The third-order valence-corrected chi connectivity index (χ3v) is 6.89. The second kappa shape index (κ2) is 10.9. The molecule has 3 aromatic rings. The Kier molecular flexibility index (Phi) is 10.2. The first-order chi connectivity index (χ1) is 12.3. The van der Waals surface area contributed by atoms with Crippen LogP contribution in [0.15, 0.2) is 51.8 Å². The quantitative estimate of drug-likeness (QED) is 0.549. The Morgan fingerprint density at radius 2 is 1.76 bits per heavy atom. The van der Waals surface area contributed by atoms with Crippen LogP contribution in [-0.4, -0.2) is 29.5 Å². The van der Waals surface area contributed by atoms with Gasteiger partial charge >= 0.3 is 5.97 Å². The Hall–Kier alpha value is -1.75. The number of carbonyl (C=O) groups is 1. The van der Waals surface area contributed by atoms with Crippen molar-refractivity contribution in [2.24, 2.45) is 5.73 Å². The summed E-state index contributed by atoms with van der Waals surface area (Å²) in [6.07, 6.45) is 2.81. The number of pyridine rings is 1. The van der Waals surface area contributed by atoms with E-state index in [-0.39, 0.29) is 58.4 Å². The van der Waals surface area contributed by atoms with Gasteiger partial charge in [-0.1, -0.05) is 6.07 Å². The molecule has 0 spiro atoms. The molecule has 12 heteroatoms. The predicted octanol–water partition coefficient (Wildman–Crippen LogP) is 3.77. The standard InChI is InChI=1S/C17H15N3O4S2.3ClH/c1-10-2-3-11(8-19-10)12-4-13(17(21)22)6-14(5-12)26(23,24)16-9-20-15(7-18)25-16;;;/h2-6,8-9H,7,18H2,1H3,(H,21,22);3*1H. The lowest BCUT2D eigenvalue weighted by Crippen LogP contribution is -2.04. The number of hydrogen-bond donors (Lipinski definition) is 2. The number of carboxylic acid groups (broad SMARTS) is 1. The number of hydrogen-bond acceptors (Lipinski definition) is 7. The molecule has 0 atom stereocenters. The van der Waals surface area contributed by atoms with Gasteiger partial charge in [0, 0.05) is 24.0 Å². The Balaban J connectivity index is 0.00000261. The molecule has 3 N–H and O–H groups in total. The van der Waals surface area contributed by atoms with Gasteiger partial charge in [-0.2, -0.15) is 0 Å². The number of thiazole rings is 1. The van der Waals surface area contributed by atoms with Crippen molar-refractivity contribution < 1.29 is 18.3 Å². The minimum atomic E-state index is -3.91. The van der Waals surface area contributed by atoms with Gasteiger partial charge in [-0.15, -0.1) is 48.6 Å². The number of benzene rings is 1. The molecular weight excluding hydrogens is 481 g/mol. The summed E-state index contributed by atoms with van der Waals surface area (Å²) in [5, 5.41) is 9.85. The van der Waals surface area contributed by atoms with Gasteiger partial charge in [0.2, 0.25) is 9.84 Å². The maximum atomic E-state index is 12.9. The van der Waals surface area contributed by atoms with E-state index >= 15 is 0 Å². The van der Waals surface area contributed by atoms with Crippen molar-refractivity contribution in [2.75, 3.05) is 0 Å². The van der Waals surface area contributed by atoms with Gasteiger partial charge in [-0.05, 0) is 36.8 Å². The minimum absolute atomic E-state index is 0. The molecule has 1 aromatic carbocycles. The van der Waals surface area contributed by atoms with Crippen molar-refractivity contribution in [1.29, 1.82) is 0 Å². The van der Waals surface area contributed by atoms with Gasteiger partial charge in [0.15, 0.2) is 0 Å². The van der Waals surface area contributed by atoms with Crippen molar-refractivity contribution in [3.63, 3.8) is 0 Å². The maximum Gasteiger partial charge on any atom is 0.335 e. The van der Waals surface area contributed by atoms with E-state index < -0.39 is 15.8 Å². The molecule has 3 rings (SSSR count). The zero-order chi connectivity index (χ0) is 18.9. The molecule has 0 saturated heterocycles. The zero-order valence-corrected chi connectivity index (χ0v) is 19.0. The van der Waals surface area contributed by atoms with Gasteiger partial charge < -0.3 is 10.8 Å². The normalized spacial score (nSPS) is 10.3. The highest BCUT2D eigenvalue weighted by atomic mass is 35.5. The average molecular weight is 499 g/mol. The number of carboxylic acids is 1. The van der Waals surface area contributed by atoms with Crippen LogP contribution in [0.3, 0.4) is 0 Å². The number of aromatic carboxylic acids is 1. The van der Waals surface area contributed by atoms with E-state index in [0.717, 1.165) is 23.1 Å². The molecule has 0 saturated carbocycles. The van der Waals surface area contributed by atoms with Crippen LogP contribution in [-0.2, 0) is 16.4 Å². The van der Waals surface area contributed by atoms with Crippen LogP contribution in [0.4, 0.5) is 0 Å². The summed E-state index contributed by atoms with van der Waals surface area (Å²) < 4.78 is 25.8. The van der Waals surface area contributed by atoms with E-state index in [9.17, 15) is 18.3 Å². The Bertz CT molecular complexity index is 1090. The number of aromatic nitrogens is 2. The van der Waals surface area contributed by atoms with Gasteiger partial charge in [0.1, 0.15) is 9.22 Å². The summed E-state index contributed by atoms with van der Waals surface area (Å²) >= 11 is 0.969. The van der Waals surface area contributed by atoms with E-state index in [0.29, 0.717) is 16.1 Å². The first-order valence-electron chi connectivity index (χ1n) is 7.52. The van der Waals surface area contributed by atoms with Crippen LogP contribution in [0.25, 0.3) is 11.1 Å². The molecule has 0 aliphatic carbocycles. The maximum absolute atomic E-state index is 12.9. The number of halogens is 3. The molecule has 0 unspecified atom stereocenters. The fraction of sp³-hybridized carbons (Fsp3) is 0.118. The predicted molar refractivity (Wildman–Crippen MR) is 119 cm³/mol. The highest BCUT2D eigenvalue weighted by molar-refractivity contribution is 7.93. The lowest BCUT2D eigenvalue weighted by atomic mass is 10.0. The summed E-state index contributed by atoms with van der Waals surface area (Å²) in [5.41, 5.74) is 7.26. The smallest absolute Gasteiger partial charge is 0.335 e. The van der Waals surface area contributed by atoms with Gasteiger partial charge in [0.25, 0.3) is 0 Å². The van der Waals surface area contributed by atoms with E-state index in [1.54, 1.807) is 18.3 Å². The molecule has 0 aliphatic heterocycles. The lowest BCUT2D eigenvalue weighted by Gasteiger charge is -2.08. The highest BCUT2D eigenvalue weighted by Crippen LogP contribution is 2.30. The third-order valence-electron chi connectivity index (χ3n) is 3.68. The van der Waals surface area contributed by atoms with Crippen LogP contribution < -0.4 is 5.73 Å². The Morgan fingerprint density at radius 3 is 2.28 bits per heavy atom. The van der Waals surface area contributed by atoms with Gasteiger partial charge in [-0.3, -0.25) is 4.98 Å². The number of nitrogens with two attached hydrogens (primary N) is 1. The zero-order valence-electron chi connectivity index (χ0n) is 14.9. The molecule has 7 nitrogen and oxygen atoms in total. The molecule has 0 amide bonds. The second-order valence-electron chi connectivity index (χ2n) is 5.52. The largest absolute Gasteiger partial charge is 0.478 e. The van der Waals surface area contributed by atoms with Crippen LogP contribution >= 0.6 is 48.6 Å². The Morgan fingerprint density at radius 1 is 1.07 bits per heavy atom. The number of nitrogens with zero attached hydrogens (tertiary/aromatic N) is 2. The molecule has 0 aliphatic rings. The van der Waals surface area contributed by atoms with Crippen LogP contribution in [0.2, 0.25) is 0 Å². The second-order valence-corrected chi connectivity index (χ2v) is 8.81. The van der Waals surface area contributed by atoms with E-state index in [1.807, 2.05) is 6.92 Å². The van der Waals surface area contributed by atoms with Crippen LogP contribution in [0.5, 0.6) is 0 Å². The molecule has 0 bridgehead atoms. The first kappa shape index (κ1) is 27.2. The lowest BCUT2D eigenvalue weighted by molar-refractivity contribution is 0.0696. The highest BCUT2D eigenvalue weighted by Gasteiger charge is 2.23. The van der Waals surface area contributed by atoms with Crippen molar-refractivity contribution in [3.8, 4) is 11.1 Å². The number of sulfone groups is 1. The monoisotopic (exact) mass is 497 g/mol. The molecular formula is C17H18Cl3N3O4S2. The third kappa shape index (κ3) is 5.88. The van der Waals surface area contributed by atoms with Crippen molar-refractivity contribution in [1.82, 2.24) is 9.97 Å². The Labute approximate surface area is 190 Å². The van der Waals surface area contributed by atoms with E-state index in [2.05, 4.69) is 9.97 Å². The van der Waals surface area contributed by atoms with E-state index in [4.69, 9.17) is 5.73 Å². The molecule has 0 radical (unpaired) electrons. The van der Waals surface area contributed by atoms with Crippen molar-refractivity contribution in [2.45, 2.75) is 22.6 Å². The van der Waals surface area contributed by atoms with Gasteiger partial charge in [0.05, 0.1) is 16.7 Å². The summed E-state index contributed by atoms with van der Waals surface area (Å²) in [6.45, 7) is 1.96. The summed E-state index contributed by atoms with van der Waals surface area (Å²) in [4.78, 5) is 19.5. The minimum Gasteiger partial charge on any atom is -0.478 e. The first-order valence-corrected chi connectivity index (χ1v) is 9.82. The summed E-state index contributed by atoms with van der Waals surface area (Å²) in [7, 11) is -3.91. The summed E-state index contributed by atoms with van der Waals surface area (Å²) in [6, 6.07) is 7.54. The molecule has 2 heterocycles. The average Bonchev–Trinajstić information content (AvgIpc) is 3.12. The molecule has 158 valence electrons. The van der Waals surface area contributed by atoms with Crippen molar-refractivity contribution >= 4 is 64.4 Å². The fourth-order valence-corrected chi connectivity index (χ4v) is 4.84. The van der Waals surface area contributed by atoms with Crippen LogP contribution in [0, 0.1) is 6.92 Å². The van der Waals surface area contributed by atoms with E-state index in [1.165, 1.54) is 18.3 Å². The van der Waals surface area contributed by atoms with Crippen LogP contribution in [0.1, 0.15) is 21.1 Å². The topological polar surface area (TPSA) is 123 Å². The SMILES string of the molecule is Cc1ccc(-c2cc(C(=O)O)cc(S(=O)(=O)c3cnc(CN)s3)c2)cn1.Cl.Cl.Cl. The van der Waals surface area contributed by atoms with Gasteiger partial charge in [-0.25, -0.2) is 18.2 Å². The molecule has 2 aromatic heterocycles. The molecule has 0 fully saturated rings. The molecule has 29 heavy (non-hydrogen) atoms. The summed E-state index contributed by atoms with van der Waals surface area (Å²) in [5.74, 6) is -1.21. The number of rotatable bonds is 5. The van der Waals surface area contributed by atoms with Crippen molar-refractivity contribution in [3.05, 3.63) is 59.0 Å².